The number of hydrogen-bond donors (Lipinski definition) is 1. The summed E-state index contributed by atoms with van der Waals surface area (Å²) in [6.45, 7) is 0. The molecule has 0 radical (unpaired) electrons. The molecule has 0 amide bonds. The molecule has 1 aromatic carbocycles. The van der Waals surface area contributed by atoms with Gasteiger partial charge in [-0.1, -0.05) is 17.7 Å². The topological polar surface area (TPSA) is 26.0 Å². The molecule has 0 aliphatic carbocycles. The molecule has 0 bridgehead atoms. The van der Waals surface area contributed by atoms with Crippen LogP contribution in [-0.2, 0) is 6.42 Å². The quantitative estimate of drug-likeness (QED) is 0.903. The first-order valence-corrected chi connectivity index (χ1v) is 6.97. The Morgan fingerprint density at radius 2 is 2.38 bits per heavy atom. The highest BCUT2D eigenvalue weighted by atomic mass is 35.5. The lowest BCUT2D eigenvalue weighted by Gasteiger charge is -2.18. The third-order valence-corrected chi connectivity index (χ3v) is 4.52. The zero-order chi connectivity index (χ0) is 11.5. The molecule has 1 aromatic rings. The molecule has 0 aromatic heterocycles. The maximum absolute atomic E-state index is 13.2. The van der Waals surface area contributed by atoms with Crippen LogP contribution < -0.4 is 5.73 Å². The van der Waals surface area contributed by atoms with Gasteiger partial charge in [0, 0.05) is 6.04 Å². The molecule has 88 valence electrons. The van der Waals surface area contributed by atoms with Crippen molar-refractivity contribution in [2.24, 2.45) is 11.7 Å². The van der Waals surface area contributed by atoms with Crippen molar-refractivity contribution < 1.29 is 4.39 Å². The van der Waals surface area contributed by atoms with E-state index in [1.165, 1.54) is 18.2 Å². The molecular weight excluding hydrogens is 245 g/mol. The van der Waals surface area contributed by atoms with Crippen LogP contribution in [0.15, 0.2) is 18.2 Å². The van der Waals surface area contributed by atoms with Gasteiger partial charge in [-0.25, -0.2) is 4.39 Å². The van der Waals surface area contributed by atoms with E-state index in [0.29, 0.717) is 5.92 Å². The zero-order valence-electron chi connectivity index (χ0n) is 8.96. The van der Waals surface area contributed by atoms with Crippen LogP contribution in [0.2, 0.25) is 5.02 Å². The van der Waals surface area contributed by atoms with Crippen LogP contribution in [0.3, 0.4) is 0 Å². The monoisotopic (exact) mass is 259 g/mol. The van der Waals surface area contributed by atoms with Crippen molar-refractivity contribution in [2.45, 2.75) is 18.9 Å². The van der Waals surface area contributed by atoms with Crippen molar-refractivity contribution in [3.8, 4) is 0 Å². The van der Waals surface area contributed by atoms with Crippen LogP contribution in [0.25, 0.3) is 0 Å². The molecule has 1 aliphatic heterocycles. The molecule has 2 N–H and O–H groups in total. The maximum atomic E-state index is 13.2. The highest BCUT2D eigenvalue weighted by molar-refractivity contribution is 7.99. The first-order valence-electron chi connectivity index (χ1n) is 5.44. The minimum absolute atomic E-state index is 0.135. The molecule has 2 atom stereocenters. The molecular formula is C12H15ClFNS. The van der Waals surface area contributed by atoms with Gasteiger partial charge in [0.05, 0.1) is 5.02 Å². The van der Waals surface area contributed by atoms with Crippen LogP contribution in [0, 0.1) is 11.7 Å². The molecule has 4 heteroatoms. The van der Waals surface area contributed by atoms with E-state index in [4.69, 9.17) is 17.3 Å². The van der Waals surface area contributed by atoms with Crippen molar-refractivity contribution in [2.75, 3.05) is 11.5 Å². The minimum Gasteiger partial charge on any atom is -0.327 e. The number of hydrogen-bond acceptors (Lipinski definition) is 2. The fraction of sp³-hybridized carbons (Fsp3) is 0.500. The van der Waals surface area contributed by atoms with Crippen molar-refractivity contribution in [1.82, 2.24) is 0 Å². The summed E-state index contributed by atoms with van der Waals surface area (Å²) in [5.41, 5.74) is 7.07. The van der Waals surface area contributed by atoms with Crippen LogP contribution in [0.1, 0.15) is 12.0 Å². The van der Waals surface area contributed by atoms with E-state index in [2.05, 4.69) is 0 Å². The second-order valence-corrected chi connectivity index (χ2v) is 5.80. The van der Waals surface area contributed by atoms with E-state index in [1.807, 2.05) is 17.8 Å². The van der Waals surface area contributed by atoms with Crippen LogP contribution in [0.5, 0.6) is 0 Å². The average Bonchev–Trinajstić information content (AvgIpc) is 2.77. The van der Waals surface area contributed by atoms with Gasteiger partial charge in [-0.3, -0.25) is 0 Å². The second kappa shape index (κ2) is 5.39. The Morgan fingerprint density at radius 1 is 1.56 bits per heavy atom. The van der Waals surface area contributed by atoms with E-state index < -0.39 is 0 Å². The van der Waals surface area contributed by atoms with Crippen molar-refractivity contribution in [1.29, 1.82) is 0 Å². The standard InChI is InChI=1S/C12H15ClFNS/c13-10-2-1-8(5-11(10)14)6-12(15)9-3-4-16-7-9/h1-2,5,9,12H,3-4,6-7,15H2. The summed E-state index contributed by atoms with van der Waals surface area (Å²) in [7, 11) is 0. The van der Waals surface area contributed by atoms with E-state index in [-0.39, 0.29) is 16.9 Å². The number of thioether (sulfide) groups is 1. The van der Waals surface area contributed by atoms with E-state index in [0.717, 1.165) is 17.7 Å². The summed E-state index contributed by atoms with van der Waals surface area (Å²) in [5, 5.41) is 0.175. The van der Waals surface area contributed by atoms with Crippen molar-refractivity contribution >= 4 is 23.4 Å². The SMILES string of the molecule is NC(Cc1ccc(Cl)c(F)c1)C1CCSC1. The molecule has 1 saturated heterocycles. The zero-order valence-corrected chi connectivity index (χ0v) is 10.5. The smallest absolute Gasteiger partial charge is 0.142 e. The number of benzene rings is 1. The highest BCUT2D eigenvalue weighted by Gasteiger charge is 2.22. The third kappa shape index (κ3) is 2.90. The molecule has 1 nitrogen and oxygen atoms in total. The molecule has 16 heavy (non-hydrogen) atoms. The largest absolute Gasteiger partial charge is 0.327 e. The molecule has 0 spiro atoms. The Bertz CT molecular complexity index is 366. The molecule has 2 unspecified atom stereocenters. The van der Waals surface area contributed by atoms with Gasteiger partial charge in [0.2, 0.25) is 0 Å². The lowest BCUT2D eigenvalue weighted by molar-refractivity contribution is 0.462. The predicted octanol–water partition coefficient (Wildman–Crippen LogP) is 3.10. The summed E-state index contributed by atoms with van der Waals surface area (Å²) in [6.07, 6.45) is 1.92. The van der Waals surface area contributed by atoms with Gasteiger partial charge >= 0.3 is 0 Å². The van der Waals surface area contributed by atoms with Crippen molar-refractivity contribution in [3.63, 3.8) is 0 Å². The van der Waals surface area contributed by atoms with Gasteiger partial charge in [-0.15, -0.1) is 0 Å². The summed E-state index contributed by atoms with van der Waals surface area (Å²) >= 11 is 7.59. The number of halogens is 2. The normalized spacial score (nSPS) is 22.3. The van der Waals surface area contributed by atoms with Gasteiger partial charge in [0.1, 0.15) is 5.82 Å². The van der Waals surface area contributed by atoms with Crippen LogP contribution >= 0.6 is 23.4 Å². The fourth-order valence-electron chi connectivity index (χ4n) is 2.00. The molecule has 1 aliphatic rings. The van der Waals surface area contributed by atoms with E-state index >= 15 is 0 Å². The summed E-state index contributed by atoms with van der Waals surface area (Å²) in [6, 6.07) is 5.08. The molecule has 1 heterocycles. The van der Waals surface area contributed by atoms with Crippen LogP contribution in [0.4, 0.5) is 4.39 Å². The predicted molar refractivity (Wildman–Crippen MR) is 68.5 cm³/mol. The number of nitrogens with two attached hydrogens (primary N) is 1. The highest BCUT2D eigenvalue weighted by Crippen LogP contribution is 2.27. The van der Waals surface area contributed by atoms with Gasteiger partial charge in [0.15, 0.2) is 0 Å². The summed E-state index contributed by atoms with van der Waals surface area (Å²) in [5.74, 6) is 2.56. The van der Waals surface area contributed by atoms with Crippen molar-refractivity contribution in [3.05, 3.63) is 34.6 Å². The van der Waals surface area contributed by atoms with Crippen LogP contribution in [-0.4, -0.2) is 17.5 Å². The van der Waals surface area contributed by atoms with Gasteiger partial charge in [0.25, 0.3) is 0 Å². The van der Waals surface area contributed by atoms with Gasteiger partial charge < -0.3 is 5.73 Å². The molecule has 0 saturated carbocycles. The Labute approximate surface area is 105 Å². The van der Waals surface area contributed by atoms with Gasteiger partial charge in [-0.05, 0) is 48.0 Å². The third-order valence-electron chi connectivity index (χ3n) is 3.03. The summed E-state index contributed by atoms with van der Waals surface area (Å²) < 4.78 is 13.2. The fourth-order valence-corrected chi connectivity index (χ4v) is 3.47. The molecule has 2 rings (SSSR count). The second-order valence-electron chi connectivity index (χ2n) is 4.24. The maximum Gasteiger partial charge on any atom is 0.142 e. The Kier molecular flexibility index (Phi) is 4.11. The first-order chi connectivity index (χ1) is 7.66. The Balaban J connectivity index is 1.99. The Hall–Kier alpha value is -0.250. The number of rotatable bonds is 3. The van der Waals surface area contributed by atoms with E-state index in [9.17, 15) is 4.39 Å². The molecule has 1 fully saturated rings. The lowest BCUT2D eigenvalue weighted by Crippen LogP contribution is -2.32. The minimum atomic E-state index is -0.354. The summed E-state index contributed by atoms with van der Waals surface area (Å²) in [4.78, 5) is 0. The van der Waals surface area contributed by atoms with Gasteiger partial charge in [-0.2, -0.15) is 11.8 Å². The van der Waals surface area contributed by atoms with E-state index in [1.54, 1.807) is 6.07 Å². The first kappa shape index (κ1) is 12.2. The average molecular weight is 260 g/mol. The lowest BCUT2D eigenvalue weighted by atomic mass is 9.94. The Morgan fingerprint density at radius 3 is 3.00 bits per heavy atom.